The second-order valence-corrected chi connectivity index (χ2v) is 8.06. The monoisotopic (exact) mass is 282 g/mol. The lowest BCUT2D eigenvalue weighted by Crippen LogP contribution is -2.30. The van der Waals surface area contributed by atoms with Crippen LogP contribution in [0, 0.1) is 10.8 Å². The van der Waals surface area contributed by atoms with Crippen LogP contribution >= 0.6 is 0 Å². The molecule has 0 saturated heterocycles. The zero-order chi connectivity index (χ0) is 14.5. The molecule has 2 rings (SSSR count). The van der Waals surface area contributed by atoms with Crippen LogP contribution in [-0.2, 0) is 16.6 Å². The maximum Gasteiger partial charge on any atom is 0.240 e. The average molecular weight is 282 g/mol. The van der Waals surface area contributed by atoms with E-state index in [4.69, 9.17) is 5.73 Å². The van der Waals surface area contributed by atoms with Gasteiger partial charge < -0.3 is 5.73 Å². The maximum absolute atomic E-state index is 12.4. The lowest BCUT2D eigenvalue weighted by Gasteiger charge is -2.09. The molecule has 4 nitrogen and oxygen atoms in total. The topological polar surface area (TPSA) is 72.2 Å². The number of benzene rings is 1. The molecule has 0 atom stereocenters. The molecule has 1 aromatic rings. The molecule has 19 heavy (non-hydrogen) atoms. The summed E-state index contributed by atoms with van der Waals surface area (Å²) in [5.41, 5.74) is 6.32. The van der Waals surface area contributed by atoms with E-state index in [9.17, 15) is 8.42 Å². The summed E-state index contributed by atoms with van der Waals surface area (Å²) in [5, 5.41) is 0. The van der Waals surface area contributed by atoms with Crippen molar-refractivity contribution in [3.05, 3.63) is 29.8 Å². The fourth-order valence-corrected chi connectivity index (χ4v) is 4.15. The first-order valence-corrected chi connectivity index (χ1v) is 7.92. The van der Waals surface area contributed by atoms with Gasteiger partial charge in [-0.1, -0.05) is 39.8 Å². The Kier molecular flexibility index (Phi) is 3.28. The highest BCUT2D eigenvalue weighted by atomic mass is 32.2. The minimum Gasteiger partial charge on any atom is -0.326 e. The number of hydrogen-bond donors (Lipinski definition) is 2. The molecular weight excluding hydrogens is 260 g/mol. The van der Waals surface area contributed by atoms with Gasteiger partial charge in [0.2, 0.25) is 10.0 Å². The Labute approximate surface area is 115 Å². The predicted molar refractivity (Wildman–Crippen MR) is 76.0 cm³/mol. The van der Waals surface area contributed by atoms with E-state index in [2.05, 4.69) is 32.4 Å². The SMILES string of the molecule is CC1(C)C(NS(=O)(=O)c2cccc(CN)c2)C1(C)C. The van der Waals surface area contributed by atoms with Crippen LogP contribution in [-0.4, -0.2) is 14.5 Å². The van der Waals surface area contributed by atoms with Crippen molar-refractivity contribution >= 4 is 10.0 Å². The van der Waals surface area contributed by atoms with Crippen LogP contribution in [0.15, 0.2) is 29.2 Å². The van der Waals surface area contributed by atoms with Gasteiger partial charge >= 0.3 is 0 Å². The largest absolute Gasteiger partial charge is 0.326 e. The van der Waals surface area contributed by atoms with Gasteiger partial charge in [0.1, 0.15) is 0 Å². The van der Waals surface area contributed by atoms with Crippen molar-refractivity contribution in [3.8, 4) is 0 Å². The lowest BCUT2D eigenvalue weighted by atomic mass is 10.0. The first kappa shape index (κ1) is 14.5. The minimum absolute atomic E-state index is 0.0223. The number of hydrogen-bond acceptors (Lipinski definition) is 3. The van der Waals surface area contributed by atoms with Crippen molar-refractivity contribution < 1.29 is 8.42 Å². The first-order valence-electron chi connectivity index (χ1n) is 6.44. The van der Waals surface area contributed by atoms with E-state index in [1.165, 1.54) is 0 Å². The summed E-state index contributed by atoms with van der Waals surface area (Å²) in [5.74, 6) is 0. The van der Waals surface area contributed by atoms with Gasteiger partial charge in [0.15, 0.2) is 0 Å². The lowest BCUT2D eigenvalue weighted by molar-refractivity contribution is 0.457. The molecule has 1 fully saturated rings. The Hall–Kier alpha value is -0.910. The highest BCUT2D eigenvalue weighted by molar-refractivity contribution is 7.89. The van der Waals surface area contributed by atoms with E-state index >= 15 is 0 Å². The number of nitrogens with two attached hydrogens (primary N) is 1. The van der Waals surface area contributed by atoms with Crippen molar-refractivity contribution in [2.45, 2.75) is 45.2 Å². The summed E-state index contributed by atoms with van der Waals surface area (Å²) in [7, 11) is -3.48. The van der Waals surface area contributed by atoms with Gasteiger partial charge in [0, 0.05) is 12.6 Å². The Morgan fingerprint density at radius 1 is 1.21 bits per heavy atom. The van der Waals surface area contributed by atoms with E-state index < -0.39 is 10.0 Å². The van der Waals surface area contributed by atoms with Gasteiger partial charge in [-0.2, -0.15) is 0 Å². The molecule has 1 aliphatic carbocycles. The smallest absolute Gasteiger partial charge is 0.240 e. The van der Waals surface area contributed by atoms with Gasteiger partial charge in [0.25, 0.3) is 0 Å². The van der Waals surface area contributed by atoms with Crippen LogP contribution in [0.2, 0.25) is 0 Å². The van der Waals surface area contributed by atoms with Gasteiger partial charge in [-0.05, 0) is 28.5 Å². The molecule has 0 unspecified atom stereocenters. The zero-order valence-corrected chi connectivity index (χ0v) is 12.7. The van der Waals surface area contributed by atoms with Crippen LogP contribution < -0.4 is 10.5 Å². The number of rotatable bonds is 4. The van der Waals surface area contributed by atoms with Crippen LogP contribution in [0.3, 0.4) is 0 Å². The second-order valence-electron chi connectivity index (χ2n) is 6.35. The highest BCUT2D eigenvalue weighted by Gasteiger charge is 2.65. The summed E-state index contributed by atoms with van der Waals surface area (Å²) in [6.45, 7) is 8.66. The fourth-order valence-electron chi connectivity index (χ4n) is 2.55. The molecule has 0 radical (unpaired) electrons. The highest BCUT2D eigenvalue weighted by Crippen LogP contribution is 2.62. The molecule has 0 aliphatic heterocycles. The van der Waals surface area contributed by atoms with Crippen LogP contribution in [0.25, 0.3) is 0 Å². The Morgan fingerprint density at radius 3 is 2.26 bits per heavy atom. The molecule has 5 heteroatoms. The van der Waals surface area contributed by atoms with E-state index in [0.29, 0.717) is 6.54 Å². The first-order chi connectivity index (χ1) is 8.63. The normalized spacial score (nSPS) is 21.3. The minimum atomic E-state index is -3.48. The molecule has 1 aliphatic rings. The average Bonchev–Trinajstić information content (AvgIpc) is 2.71. The molecule has 106 valence electrons. The summed E-state index contributed by atoms with van der Waals surface area (Å²) >= 11 is 0. The maximum atomic E-state index is 12.4. The van der Waals surface area contributed by atoms with Gasteiger partial charge in [-0.3, -0.25) is 0 Å². The van der Waals surface area contributed by atoms with Gasteiger partial charge in [0.05, 0.1) is 4.90 Å². The van der Waals surface area contributed by atoms with Crippen LogP contribution in [0.4, 0.5) is 0 Å². The second kappa shape index (κ2) is 4.30. The number of nitrogens with one attached hydrogen (secondary N) is 1. The third kappa shape index (κ3) is 2.30. The van der Waals surface area contributed by atoms with Crippen molar-refractivity contribution in [1.82, 2.24) is 4.72 Å². The molecule has 0 amide bonds. The molecule has 1 saturated carbocycles. The summed E-state index contributed by atoms with van der Waals surface area (Å²) in [6.07, 6.45) is 0. The Bertz CT molecular complexity index is 577. The molecule has 1 aromatic carbocycles. The zero-order valence-electron chi connectivity index (χ0n) is 11.9. The Morgan fingerprint density at radius 2 is 1.79 bits per heavy atom. The van der Waals surface area contributed by atoms with Gasteiger partial charge in [-0.15, -0.1) is 0 Å². The van der Waals surface area contributed by atoms with E-state index in [1.807, 2.05) is 6.07 Å². The molecule has 0 spiro atoms. The van der Waals surface area contributed by atoms with Crippen LogP contribution in [0.5, 0.6) is 0 Å². The molecule has 0 heterocycles. The third-order valence-electron chi connectivity index (χ3n) is 4.74. The Balaban J connectivity index is 2.25. The molecule has 0 aromatic heterocycles. The predicted octanol–water partition coefficient (Wildman–Crippen LogP) is 1.86. The number of sulfonamides is 1. The summed E-state index contributed by atoms with van der Waals surface area (Å²) in [4.78, 5) is 0.286. The van der Waals surface area contributed by atoms with Gasteiger partial charge in [-0.25, -0.2) is 13.1 Å². The summed E-state index contributed by atoms with van der Waals surface area (Å²) < 4.78 is 27.6. The quantitative estimate of drug-likeness (QED) is 0.885. The third-order valence-corrected chi connectivity index (χ3v) is 6.16. The molecule has 0 bridgehead atoms. The van der Waals surface area contributed by atoms with Crippen molar-refractivity contribution in [1.29, 1.82) is 0 Å². The molecule has 3 N–H and O–H groups in total. The van der Waals surface area contributed by atoms with E-state index in [0.717, 1.165) is 5.56 Å². The van der Waals surface area contributed by atoms with Crippen LogP contribution in [0.1, 0.15) is 33.3 Å². The van der Waals surface area contributed by atoms with Crippen molar-refractivity contribution in [2.75, 3.05) is 0 Å². The van der Waals surface area contributed by atoms with E-state index in [-0.39, 0.29) is 21.8 Å². The summed E-state index contributed by atoms with van der Waals surface area (Å²) in [6, 6.07) is 6.74. The van der Waals surface area contributed by atoms with E-state index in [1.54, 1.807) is 18.2 Å². The standard InChI is InChI=1S/C14H22N2O2S/c1-13(2)12(14(13,3)4)16-19(17,18)11-7-5-6-10(8-11)9-15/h5-8,12,16H,9,15H2,1-4H3. The fraction of sp³-hybridized carbons (Fsp3) is 0.571. The molecular formula is C14H22N2O2S. The van der Waals surface area contributed by atoms with Crippen molar-refractivity contribution in [3.63, 3.8) is 0 Å². The van der Waals surface area contributed by atoms with Crippen molar-refractivity contribution in [2.24, 2.45) is 16.6 Å².